The predicted octanol–water partition coefficient (Wildman–Crippen LogP) is 1.40. The van der Waals surface area contributed by atoms with Gasteiger partial charge in [-0.3, -0.25) is 14.4 Å². The Hall–Kier alpha value is -3.55. The van der Waals surface area contributed by atoms with Crippen LogP contribution in [0.2, 0.25) is 0 Å². The molecule has 1 aliphatic rings. The van der Waals surface area contributed by atoms with Crippen LogP contribution in [0.4, 0.5) is 5.69 Å². The average molecular weight is 481 g/mol. The first-order chi connectivity index (χ1) is 16.8. The van der Waals surface area contributed by atoms with E-state index in [1.54, 1.807) is 37.6 Å². The van der Waals surface area contributed by atoms with Gasteiger partial charge in [0.2, 0.25) is 18.2 Å². The van der Waals surface area contributed by atoms with Crippen molar-refractivity contribution in [2.45, 2.75) is 51.9 Å². The molecule has 0 radical (unpaired) electrons. The highest BCUT2D eigenvalue weighted by Gasteiger charge is 2.50. The van der Waals surface area contributed by atoms with Gasteiger partial charge in [-0.1, -0.05) is 26.0 Å². The number of hydrogen-bond donors (Lipinski definition) is 3. The van der Waals surface area contributed by atoms with Gasteiger partial charge in [0.1, 0.15) is 12.3 Å². The van der Waals surface area contributed by atoms with Crippen LogP contribution in [0, 0.1) is 17.5 Å². The van der Waals surface area contributed by atoms with E-state index in [2.05, 4.69) is 38.1 Å². The standard InChI is InChI=1S/C25H32N6O4/c1-17(29-20(33)15-26-4)10-13-35-21-14-25(2,3)22(31(21)16-32)24(34)30-19-9-6-5-8-18(19)23-27-11-7-12-28-23/h7-9,11-12,16-17,21-22,26H,10,13-15H2,1-4H3,(H,29,33)(H,30,34). The number of nitrogens with one attached hydrogen (secondary N) is 3. The Morgan fingerprint density at radius 2 is 2.00 bits per heavy atom. The number of hydrogen-bond acceptors (Lipinski definition) is 7. The second kappa shape index (κ2) is 11.7. The van der Waals surface area contributed by atoms with Gasteiger partial charge in [0.15, 0.2) is 5.82 Å². The predicted molar refractivity (Wildman–Crippen MR) is 130 cm³/mol. The van der Waals surface area contributed by atoms with Crippen LogP contribution in [0.15, 0.2) is 30.6 Å². The molecule has 1 aromatic heterocycles. The third-order valence-corrected chi connectivity index (χ3v) is 5.92. The molecular formula is C25H32N6O4. The molecule has 0 bridgehead atoms. The lowest BCUT2D eigenvalue weighted by molar-refractivity contribution is -0.139. The minimum atomic E-state index is -0.744. The summed E-state index contributed by atoms with van der Waals surface area (Å²) in [5.41, 5.74) is 0.557. The topological polar surface area (TPSA) is 126 Å². The van der Waals surface area contributed by atoms with Crippen LogP contribution >= 0.6 is 0 Å². The maximum atomic E-state index is 13.4. The molecule has 1 saturated heterocycles. The van der Waals surface area contributed by atoms with E-state index in [4.69, 9.17) is 4.74 Å². The van der Waals surface area contributed by atoms with Gasteiger partial charge in [0, 0.05) is 30.6 Å². The first kappa shape index (κ1) is 26.1. The molecule has 1 aliphatic heterocycles. The molecule has 2 heterocycles. The Kier molecular flexibility index (Phi) is 8.73. The fourth-order valence-electron chi connectivity index (χ4n) is 4.25. The summed E-state index contributed by atoms with van der Waals surface area (Å²) in [6.07, 6.45) is 4.42. The van der Waals surface area contributed by atoms with Gasteiger partial charge < -0.3 is 25.6 Å². The Labute approximate surface area is 205 Å². The maximum absolute atomic E-state index is 13.4. The van der Waals surface area contributed by atoms with E-state index in [9.17, 15) is 14.4 Å². The van der Waals surface area contributed by atoms with Crippen molar-refractivity contribution in [2.24, 2.45) is 5.41 Å². The van der Waals surface area contributed by atoms with Gasteiger partial charge in [0.05, 0.1) is 24.4 Å². The third-order valence-electron chi connectivity index (χ3n) is 5.92. The van der Waals surface area contributed by atoms with Crippen molar-refractivity contribution in [1.82, 2.24) is 25.5 Å². The van der Waals surface area contributed by atoms with Crippen LogP contribution in [-0.4, -0.2) is 71.6 Å². The lowest BCUT2D eigenvalue weighted by Crippen LogP contribution is -2.48. The third kappa shape index (κ3) is 6.53. The smallest absolute Gasteiger partial charge is 0.247 e. The Bertz CT molecular complexity index is 1020. The lowest BCUT2D eigenvalue weighted by atomic mass is 9.84. The summed E-state index contributed by atoms with van der Waals surface area (Å²) in [7, 11) is 1.71. The van der Waals surface area contributed by atoms with Crippen LogP contribution < -0.4 is 16.0 Å². The van der Waals surface area contributed by atoms with Crippen LogP contribution in [0.1, 0.15) is 33.6 Å². The van der Waals surface area contributed by atoms with Gasteiger partial charge in [-0.2, -0.15) is 0 Å². The van der Waals surface area contributed by atoms with E-state index in [0.29, 0.717) is 42.9 Å². The summed E-state index contributed by atoms with van der Waals surface area (Å²) in [6.45, 7) is 6.34. The van der Waals surface area contributed by atoms with Crippen LogP contribution in [0.25, 0.3) is 11.4 Å². The minimum absolute atomic E-state index is 0.0844. The Balaban J connectivity index is 1.67. The molecule has 2 aromatic rings. The fourth-order valence-corrected chi connectivity index (χ4v) is 4.25. The van der Waals surface area contributed by atoms with Gasteiger partial charge >= 0.3 is 0 Å². The number of rotatable bonds is 11. The van der Waals surface area contributed by atoms with Crippen molar-refractivity contribution in [3.8, 4) is 11.4 Å². The zero-order chi connectivity index (χ0) is 25.4. The molecule has 186 valence electrons. The largest absolute Gasteiger partial charge is 0.358 e. The summed E-state index contributed by atoms with van der Waals surface area (Å²) in [5.74, 6) is 0.0186. The van der Waals surface area contributed by atoms with Crippen LogP contribution in [-0.2, 0) is 19.1 Å². The second-order valence-electron chi connectivity index (χ2n) is 9.23. The normalized spacial score (nSPS) is 19.5. The monoisotopic (exact) mass is 480 g/mol. The Morgan fingerprint density at radius 3 is 2.69 bits per heavy atom. The molecule has 1 aromatic carbocycles. The van der Waals surface area contributed by atoms with Gasteiger partial charge in [-0.15, -0.1) is 0 Å². The maximum Gasteiger partial charge on any atom is 0.247 e. The quantitative estimate of drug-likeness (QED) is 0.415. The molecule has 3 N–H and O–H groups in total. The van der Waals surface area contributed by atoms with Crippen molar-refractivity contribution in [3.63, 3.8) is 0 Å². The minimum Gasteiger partial charge on any atom is -0.358 e. The van der Waals surface area contributed by atoms with E-state index in [0.717, 1.165) is 0 Å². The number of carbonyl (C=O) groups is 3. The lowest BCUT2D eigenvalue weighted by Gasteiger charge is -2.30. The van der Waals surface area contributed by atoms with Crippen LogP contribution in [0.5, 0.6) is 0 Å². The van der Waals surface area contributed by atoms with Crippen molar-refractivity contribution in [2.75, 3.05) is 25.5 Å². The molecule has 35 heavy (non-hydrogen) atoms. The highest BCUT2D eigenvalue weighted by molar-refractivity contribution is 5.99. The molecule has 3 unspecified atom stereocenters. The van der Waals surface area contributed by atoms with Gasteiger partial charge in [-0.05, 0) is 38.3 Å². The SMILES string of the molecule is CNCC(=O)NC(C)CCOC1CC(C)(C)C(C(=O)Nc2cc#ccc2-c2ncccn2)N1C=O. The number of anilines is 1. The molecule has 0 saturated carbocycles. The molecule has 0 spiro atoms. The molecule has 10 heteroatoms. The van der Waals surface area contributed by atoms with Crippen molar-refractivity contribution >= 4 is 23.9 Å². The summed E-state index contributed by atoms with van der Waals surface area (Å²) < 4.78 is 5.99. The molecule has 3 amide bonds. The van der Waals surface area contributed by atoms with Gasteiger partial charge in [0.25, 0.3) is 0 Å². The van der Waals surface area contributed by atoms with Crippen molar-refractivity contribution in [1.29, 1.82) is 0 Å². The summed E-state index contributed by atoms with van der Waals surface area (Å²) >= 11 is 0. The summed E-state index contributed by atoms with van der Waals surface area (Å²) in [5, 5.41) is 8.60. The molecular weight excluding hydrogens is 448 g/mol. The fraction of sp³-hybridized carbons (Fsp3) is 0.480. The Morgan fingerprint density at radius 1 is 1.29 bits per heavy atom. The number of ether oxygens (including phenoxy) is 1. The number of amides is 3. The number of carbonyl (C=O) groups excluding carboxylic acids is 3. The van der Waals surface area contributed by atoms with E-state index >= 15 is 0 Å². The second-order valence-corrected chi connectivity index (χ2v) is 9.23. The van der Waals surface area contributed by atoms with E-state index < -0.39 is 17.7 Å². The van der Waals surface area contributed by atoms with Crippen LogP contribution in [0.3, 0.4) is 0 Å². The van der Waals surface area contributed by atoms with E-state index in [1.807, 2.05) is 20.8 Å². The number of likely N-dealkylation sites (tertiary alicyclic amines) is 1. The van der Waals surface area contributed by atoms with E-state index in [-0.39, 0.29) is 24.4 Å². The first-order valence-corrected chi connectivity index (χ1v) is 11.5. The first-order valence-electron chi connectivity index (χ1n) is 11.5. The molecule has 1 fully saturated rings. The van der Waals surface area contributed by atoms with E-state index in [1.165, 1.54) is 4.90 Å². The summed E-state index contributed by atoms with van der Waals surface area (Å²) in [4.78, 5) is 47.1. The highest BCUT2D eigenvalue weighted by Crippen LogP contribution is 2.40. The number of nitrogens with zero attached hydrogens (tertiary/aromatic N) is 3. The molecule has 0 aliphatic carbocycles. The highest BCUT2D eigenvalue weighted by atomic mass is 16.5. The summed E-state index contributed by atoms with van der Waals surface area (Å²) in [6, 6.07) is 9.85. The molecule has 10 nitrogen and oxygen atoms in total. The molecule has 3 rings (SSSR count). The number of likely N-dealkylation sites (N-methyl/N-ethyl adjacent to an activating group) is 1. The zero-order valence-corrected chi connectivity index (χ0v) is 20.5. The zero-order valence-electron chi connectivity index (χ0n) is 20.5. The molecule has 3 atom stereocenters. The van der Waals surface area contributed by atoms with Gasteiger partial charge in [-0.25, -0.2) is 9.97 Å². The number of aromatic nitrogens is 2. The average Bonchev–Trinajstić information content (AvgIpc) is 3.09. The van der Waals surface area contributed by atoms with Crippen molar-refractivity contribution < 1.29 is 19.1 Å². The van der Waals surface area contributed by atoms with Crippen molar-refractivity contribution in [3.05, 3.63) is 42.7 Å².